The molecule has 27 heavy (non-hydrogen) atoms. The number of nitrogens with zero attached hydrogens (tertiary/aromatic N) is 2. The fourth-order valence-electron chi connectivity index (χ4n) is 4.62. The first-order chi connectivity index (χ1) is 12.1. The van der Waals surface area contributed by atoms with Crippen LogP contribution >= 0.6 is 24.8 Å². The monoisotopic (exact) mass is 418 g/mol. The highest BCUT2D eigenvalue weighted by Gasteiger charge is 2.33. The summed E-state index contributed by atoms with van der Waals surface area (Å²) in [6.45, 7) is 3.31. The number of halogens is 2. The molecule has 1 aromatic rings. The van der Waals surface area contributed by atoms with E-state index in [1.54, 1.807) is 6.07 Å². The summed E-state index contributed by atoms with van der Waals surface area (Å²) in [5, 5.41) is 15.7. The van der Waals surface area contributed by atoms with Crippen LogP contribution in [-0.4, -0.2) is 65.9 Å². The standard InChI is InChI=1S/C18H26N4O3.2ClH/c1-21-9-13(5-14(21)10-23)20-17(24)15-2-3-16-12-4-11(6-19-7-12)8-22(16)18(15)25;;/h2-3,11-14,19,23H,4-10H2,1H3,(H,20,24);2*1H/t11-,12+,13+,14-;;/m0../s1. The van der Waals surface area contributed by atoms with Crippen molar-refractivity contribution in [1.82, 2.24) is 20.1 Å². The Morgan fingerprint density at radius 1 is 1.26 bits per heavy atom. The van der Waals surface area contributed by atoms with Crippen LogP contribution in [0.1, 0.15) is 34.8 Å². The lowest BCUT2D eigenvalue weighted by molar-refractivity contribution is 0.0935. The van der Waals surface area contributed by atoms with Gasteiger partial charge in [-0.05, 0) is 44.5 Å². The molecule has 0 saturated carbocycles. The van der Waals surface area contributed by atoms with E-state index in [1.165, 1.54) is 0 Å². The Balaban J connectivity index is 0.00000131. The molecule has 152 valence electrons. The molecule has 7 nitrogen and oxygen atoms in total. The summed E-state index contributed by atoms with van der Waals surface area (Å²) in [6.07, 6.45) is 1.83. The number of hydrogen-bond acceptors (Lipinski definition) is 5. The average molecular weight is 419 g/mol. The van der Waals surface area contributed by atoms with E-state index in [9.17, 15) is 14.7 Å². The number of rotatable bonds is 3. The highest BCUT2D eigenvalue weighted by molar-refractivity contribution is 5.94. The molecule has 3 N–H and O–H groups in total. The van der Waals surface area contributed by atoms with Crippen molar-refractivity contribution >= 4 is 30.7 Å². The summed E-state index contributed by atoms with van der Waals surface area (Å²) in [7, 11) is 1.94. The topological polar surface area (TPSA) is 86.6 Å². The van der Waals surface area contributed by atoms with Crippen molar-refractivity contribution in [3.05, 3.63) is 33.7 Å². The second-order valence-electron chi connectivity index (χ2n) is 7.73. The minimum atomic E-state index is -0.300. The Bertz CT molecular complexity index is 742. The number of carbonyl (C=O) groups excluding carboxylic acids is 1. The number of hydrogen-bond donors (Lipinski definition) is 3. The zero-order valence-corrected chi connectivity index (χ0v) is 17.0. The van der Waals surface area contributed by atoms with Crippen LogP contribution in [-0.2, 0) is 6.54 Å². The maximum absolute atomic E-state index is 12.9. The van der Waals surface area contributed by atoms with E-state index in [0.717, 1.165) is 25.2 Å². The maximum atomic E-state index is 12.9. The molecular weight excluding hydrogens is 391 g/mol. The van der Waals surface area contributed by atoms with Gasteiger partial charge in [0.15, 0.2) is 0 Å². The molecule has 1 aromatic heterocycles. The number of aliphatic hydroxyl groups excluding tert-OH is 1. The van der Waals surface area contributed by atoms with Gasteiger partial charge < -0.3 is 20.3 Å². The zero-order chi connectivity index (χ0) is 17.6. The van der Waals surface area contributed by atoms with Gasteiger partial charge in [0, 0.05) is 43.3 Å². The maximum Gasteiger partial charge on any atom is 0.263 e. The highest BCUT2D eigenvalue weighted by Crippen LogP contribution is 2.31. The predicted octanol–water partition coefficient (Wildman–Crippen LogP) is 0.193. The average Bonchev–Trinajstić information content (AvgIpc) is 2.95. The third kappa shape index (κ3) is 4.17. The molecule has 4 rings (SSSR count). The van der Waals surface area contributed by atoms with Gasteiger partial charge in [0.05, 0.1) is 6.61 Å². The normalized spacial score (nSPS) is 29.3. The Morgan fingerprint density at radius 2 is 2.04 bits per heavy atom. The van der Waals surface area contributed by atoms with Gasteiger partial charge in [-0.2, -0.15) is 0 Å². The van der Waals surface area contributed by atoms with Crippen LogP contribution in [0.2, 0.25) is 0 Å². The first-order valence-electron chi connectivity index (χ1n) is 9.13. The number of pyridine rings is 1. The van der Waals surface area contributed by atoms with Gasteiger partial charge in [0.2, 0.25) is 0 Å². The van der Waals surface area contributed by atoms with E-state index >= 15 is 0 Å². The van der Waals surface area contributed by atoms with E-state index in [2.05, 4.69) is 10.6 Å². The molecule has 0 radical (unpaired) electrons. The van der Waals surface area contributed by atoms with Crippen molar-refractivity contribution in [2.24, 2.45) is 5.92 Å². The lowest BCUT2D eigenvalue weighted by atomic mass is 9.84. The lowest BCUT2D eigenvalue weighted by Gasteiger charge is -2.37. The second-order valence-corrected chi connectivity index (χ2v) is 7.73. The Labute approximate surface area is 171 Å². The summed E-state index contributed by atoms with van der Waals surface area (Å²) < 4.78 is 1.81. The molecule has 0 spiro atoms. The molecule has 0 aromatic carbocycles. The van der Waals surface area contributed by atoms with Gasteiger partial charge in [0.25, 0.3) is 11.5 Å². The van der Waals surface area contributed by atoms with E-state index in [1.807, 2.05) is 22.6 Å². The van der Waals surface area contributed by atoms with Gasteiger partial charge in [-0.1, -0.05) is 0 Å². The molecule has 3 aliphatic heterocycles. The largest absolute Gasteiger partial charge is 0.395 e. The number of amides is 1. The number of carbonyl (C=O) groups is 1. The number of likely N-dealkylation sites (N-methyl/N-ethyl adjacent to an activating group) is 1. The van der Waals surface area contributed by atoms with Gasteiger partial charge in [-0.25, -0.2) is 0 Å². The number of piperidine rings is 1. The molecule has 4 heterocycles. The van der Waals surface area contributed by atoms with Crippen LogP contribution in [0.3, 0.4) is 0 Å². The minimum Gasteiger partial charge on any atom is -0.395 e. The summed E-state index contributed by atoms with van der Waals surface area (Å²) in [4.78, 5) is 27.6. The van der Waals surface area contributed by atoms with Crippen molar-refractivity contribution in [1.29, 1.82) is 0 Å². The van der Waals surface area contributed by atoms with Gasteiger partial charge in [0.1, 0.15) is 5.56 Å². The number of nitrogens with one attached hydrogen (secondary N) is 2. The third-order valence-corrected chi connectivity index (χ3v) is 5.99. The summed E-state index contributed by atoms with van der Waals surface area (Å²) >= 11 is 0. The number of likely N-dealkylation sites (tertiary alicyclic amines) is 1. The van der Waals surface area contributed by atoms with E-state index in [4.69, 9.17) is 0 Å². The van der Waals surface area contributed by atoms with Crippen LogP contribution in [0, 0.1) is 5.92 Å². The Morgan fingerprint density at radius 3 is 2.74 bits per heavy atom. The molecule has 3 aliphatic rings. The Hall–Kier alpha value is -1.12. The van der Waals surface area contributed by atoms with Crippen LogP contribution < -0.4 is 16.2 Å². The molecule has 2 bridgehead atoms. The molecule has 1 amide bonds. The van der Waals surface area contributed by atoms with Crippen LogP contribution in [0.5, 0.6) is 0 Å². The van der Waals surface area contributed by atoms with Gasteiger partial charge in [-0.3, -0.25) is 14.5 Å². The van der Waals surface area contributed by atoms with E-state index in [-0.39, 0.29) is 60.5 Å². The number of aromatic nitrogens is 1. The smallest absolute Gasteiger partial charge is 0.263 e. The SMILES string of the molecule is CN1C[C@H](NC(=O)c2ccc3n(c2=O)C[C@@H]2CNC[C@H]3C2)C[C@H]1CO.Cl.Cl. The van der Waals surface area contributed by atoms with E-state index < -0.39 is 0 Å². The quantitative estimate of drug-likeness (QED) is 0.652. The number of aliphatic hydroxyl groups is 1. The molecule has 2 saturated heterocycles. The van der Waals surface area contributed by atoms with Crippen LogP contribution in [0.4, 0.5) is 0 Å². The summed E-state index contributed by atoms with van der Waals surface area (Å²) in [5.74, 6) is 0.535. The first-order valence-corrected chi connectivity index (χ1v) is 9.13. The third-order valence-electron chi connectivity index (χ3n) is 5.99. The number of fused-ring (bicyclic) bond motifs is 4. The minimum absolute atomic E-state index is 0. The van der Waals surface area contributed by atoms with Gasteiger partial charge in [-0.15, -0.1) is 24.8 Å². The zero-order valence-electron chi connectivity index (χ0n) is 15.4. The van der Waals surface area contributed by atoms with Crippen molar-refractivity contribution in [2.75, 3.05) is 33.3 Å². The van der Waals surface area contributed by atoms with E-state index in [0.29, 0.717) is 31.3 Å². The van der Waals surface area contributed by atoms with Crippen LogP contribution in [0.25, 0.3) is 0 Å². The first kappa shape index (κ1) is 22.2. The van der Waals surface area contributed by atoms with Crippen molar-refractivity contribution in [3.63, 3.8) is 0 Å². The fourth-order valence-corrected chi connectivity index (χ4v) is 4.62. The molecule has 2 fully saturated rings. The van der Waals surface area contributed by atoms with Crippen molar-refractivity contribution < 1.29 is 9.90 Å². The molecule has 0 aliphatic carbocycles. The molecule has 9 heteroatoms. The van der Waals surface area contributed by atoms with Crippen LogP contribution in [0.15, 0.2) is 16.9 Å². The highest BCUT2D eigenvalue weighted by atomic mass is 35.5. The van der Waals surface area contributed by atoms with Gasteiger partial charge >= 0.3 is 0 Å². The summed E-state index contributed by atoms with van der Waals surface area (Å²) in [6, 6.07) is 3.67. The molecular formula is C18H28Cl2N4O3. The predicted molar refractivity (Wildman–Crippen MR) is 108 cm³/mol. The van der Waals surface area contributed by atoms with Crippen molar-refractivity contribution in [2.45, 2.75) is 37.4 Å². The molecule has 4 atom stereocenters. The Kier molecular flexibility index (Phi) is 7.33. The second kappa shape index (κ2) is 8.92. The summed E-state index contributed by atoms with van der Waals surface area (Å²) in [5.41, 5.74) is 1.11. The van der Waals surface area contributed by atoms with Crippen molar-refractivity contribution in [3.8, 4) is 0 Å². The molecule has 0 unspecified atom stereocenters. The lowest BCUT2D eigenvalue weighted by Crippen LogP contribution is -2.47. The fraction of sp³-hybridized carbons (Fsp3) is 0.667.